The van der Waals surface area contributed by atoms with Gasteiger partial charge in [-0.1, -0.05) is 30.3 Å². The summed E-state index contributed by atoms with van der Waals surface area (Å²) in [5.41, 5.74) is 3.20. The first-order chi connectivity index (χ1) is 14.1. The summed E-state index contributed by atoms with van der Waals surface area (Å²) < 4.78 is 10.3. The van der Waals surface area contributed by atoms with Gasteiger partial charge in [-0.05, 0) is 42.5 Å². The van der Waals surface area contributed by atoms with E-state index >= 15 is 0 Å². The largest absolute Gasteiger partial charge is 0.497 e. The van der Waals surface area contributed by atoms with Crippen LogP contribution in [0.25, 0.3) is 22.4 Å². The lowest BCUT2D eigenvalue weighted by molar-refractivity contribution is 0.0475. The summed E-state index contributed by atoms with van der Waals surface area (Å²) in [5, 5.41) is 0. The van der Waals surface area contributed by atoms with E-state index in [1.807, 2.05) is 30.3 Å². The Kier molecular flexibility index (Phi) is 5.07. The second kappa shape index (κ2) is 7.98. The Hall–Kier alpha value is -3.93. The summed E-state index contributed by atoms with van der Waals surface area (Å²) in [7, 11) is 1.62. The Bertz CT molecular complexity index is 1160. The van der Waals surface area contributed by atoms with Crippen molar-refractivity contribution >= 4 is 22.8 Å². The number of Topliss-reactive ketones (excluding diaryl/α,β-unsaturated/α-hetero) is 1. The molecule has 3 aromatic carbocycles. The minimum atomic E-state index is -0.559. The SMILES string of the molecule is COc1ccc(-c2nc3ccc(C(=O)OCC(=O)c4ccccc4)cc3[nH]2)cc1. The number of carbonyl (C=O) groups is 2. The number of hydrogen-bond acceptors (Lipinski definition) is 5. The molecule has 1 aromatic heterocycles. The van der Waals surface area contributed by atoms with Crippen LogP contribution in [0.15, 0.2) is 72.8 Å². The van der Waals surface area contributed by atoms with E-state index in [-0.39, 0.29) is 12.4 Å². The molecule has 1 N–H and O–H groups in total. The number of benzene rings is 3. The maximum atomic E-state index is 12.3. The molecule has 0 radical (unpaired) electrons. The van der Waals surface area contributed by atoms with Crippen LogP contribution in [-0.4, -0.2) is 35.4 Å². The molecule has 4 rings (SSSR count). The van der Waals surface area contributed by atoms with Crippen molar-refractivity contribution in [3.05, 3.63) is 83.9 Å². The zero-order chi connectivity index (χ0) is 20.2. The van der Waals surface area contributed by atoms with E-state index in [1.54, 1.807) is 49.6 Å². The van der Waals surface area contributed by atoms with Gasteiger partial charge in [0.2, 0.25) is 0 Å². The second-order valence-electron chi connectivity index (χ2n) is 6.41. The van der Waals surface area contributed by atoms with Gasteiger partial charge in [0, 0.05) is 11.1 Å². The monoisotopic (exact) mass is 386 g/mol. The van der Waals surface area contributed by atoms with E-state index in [1.165, 1.54) is 0 Å². The van der Waals surface area contributed by atoms with Gasteiger partial charge in [-0.25, -0.2) is 9.78 Å². The lowest BCUT2D eigenvalue weighted by Gasteiger charge is -2.04. The highest BCUT2D eigenvalue weighted by molar-refractivity contribution is 6.00. The lowest BCUT2D eigenvalue weighted by atomic mass is 10.1. The van der Waals surface area contributed by atoms with E-state index in [2.05, 4.69) is 9.97 Å². The van der Waals surface area contributed by atoms with Gasteiger partial charge in [0.25, 0.3) is 0 Å². The van der Waals surface area contributed by atoms with Crippen molar-refractivity contribution in [2.75, 3.05) is 13.7 Å². The van der Waals surface area contributed by atoms with Gasteiger partial charge in [-0.15, -0.1) is 0 Å². The number of esters is 1. The van der Waals surface area contributed by atoms with Crippen molar-refractivity contribution in [3.8, 4) is 17.1 Å². The molecular formula is C23H18N2O4. The maximum Gasteiger partial charge on any atom is 0.338 e. The number of imidazole rings is 1. The standard InChI is InChI=1S/C23H18N2O4/c1-28-18-10-7-16(8-11-18)22-24-19-12-9-17(13-20(19)25-22)23(27)29-14-21(26)15-5-3-2-4-6-15/h2-13H,14H2,1H3,(H,24,25). The van der Waals surface area contributed by atoms with Gasteiger partial charge in [-0.3, -0.25) is 4.79 Å². The predicted octanol–water partition coefficient (Wildman–Crippen LogP) is 4.28. The normalized spacial score (nSPS) is 10.7. The average molecular weight is 386 g/mol. The van der Waals surface area contributed by atoms with Gasteiger partial charge in [0.1, 0.15) is 11.6 Å². The fraction of sp³-hybridized carbons (Fsp3) is 0.0870. The molecule has 0 aliphatic heterocycles. The van der Waals surface area contributed by atoms with Crippen molar-refractivity contribution in [1.82, 2.24) is 9.97 Å². The fourth-order valence-electron chi connectivity index (χ4n) is 2.94. The van der Waals surface area contributed by atoms with E-state index in [9.17, 15) is 9.59 Å². The Morgan fingerprint density at radius 2 is 1.69 bits per heavy atom. The van der Waals surface area contributed by atoms with E-state index in [0.29, 0.717) is 22.5 Å². The highest BCUT2D eigenvalue weighted by atomic mass is 16.5. The Morgan fingerprint density at radius 1 is 0.931 bits per heavy atom. The molecule has 0 spiro atoms. The fourth-order valence-corrected chi connectivity index (χ4v) is 2.94. The van der Waals surface area contributed by atoms with Gasteiger partial charge in [0.15, 0.2) is 12.4 Å². The summed E-state index contributed by atoms with van der Waals surface area (Å²) in [6, 6.07) is 21.3. The first-order valence-electron chi connectivity index (χ1n) is 9.03. The number of fused-ring (bicyclic) bond motifs is 1. The highest BCUT2D eigenvalue weighted by Gasteiger charge is 2.14. The molecule has 1 heterocycles. The van der Waals surface area contributed by atoms with E-state index < -0.39 is 5.97 Å². The molecule has 4 aromatic rings. The summed E-state index contributed by atoms with van der Waals surface area (Å²) >= 11 is 0. The van der Waals surface area contributed by atoms with Crippen LogP contribution in [0.1, 0.15) is 20.7 Å². The van der Waals surface area contributed by atoms with Gasteiger partial charge in [0.05, 0.1) is 23.7 Å². The Labute approximate surface area is 167 Å². The first kappa shape index (κ1) is 18.4. The number of methoxy groups -OCH3 is 1. The molecule has 6 heteroatoms. The van der Waals surface area contributed by atoms with Crippen LogP contribution in [0.4, 0.5) is 0 Å². The van der Waals surface area contributed by atoms with Crippen LogP contribution in [0, 0.1) is 0 Å². The molecule has 0 bridgehead atoms. The third kappa shape index (κ3) is 4.01. The number of rotatable bonds is 6. The average Bonchev–Trinajstić information content (AvgIpc) is 3.21. The molecule has 0 unspecified atom stereocenters. The topological polar surface area (TPSA) is 81.3 Å². The second-order valence-corrected chi connectivity index (χ2v) is 6.41. The molecule has 29 heavy (non-hydrogen) atoms. The number of carbonyl (C=O) groups excluding carboxylic acids is 2. The summed E-state index contributed by atoms with van der Waals surface area (Å²) in [6.45, 7) is -0.305. The van der Waals surface area contributed by atoms with Crippen molar-refractivity contribution in [3.63, 3.8) is 0 Å². The minimum absolute atomic E-state index is 0.247. The molecule has 0 amide bonds. The molecule has 0 saturated heterocycles. The maximum absolute atomic E-state index is 12.3. The van der Waals surface area contributed by atoms with Crippen LogP contribution in [0.3, 0.4) is 0 Å². The van der Waals surface area contributed by atoms with Crippen LogP contribution in [0.5, 0.6) is 5.75 Å². The number of nitrogens with one attached hydrogen (secondary N) is 1. The number of aromatic amines is 1. The van der Waals surface area contributed by atoms with E-state index in [0.717, 1.165) is 16.8 Å². The van der Waals surface area contributed by atoms with Crippen molar-refractivity contribution in [1.29, 1.82) is 0 Å². The first-order valence-corrected chi connectivity index (χ1v) is 9.03. The summed E-state index contributed by atoms with van der Waals surface area (Å²) in [6.07, 6.45) is 0. The third-order valence-corrected chi connectivity index (χ3v) is 4.51. The Balaban J connectivity index is 1.49. The smallest absolute Gasteiger partial charge is 0.338 e. The number of ether oxygens (including phenoxy) is 2. The van der Waals surface area contributed by atoms with Gasteiger partial charge >= 0.3 is 5.97 Å². The number of hydrogen-bond donors (Lipinski definition) is 1. The molecule has 0 aliphatic rings. The van der Waals surface area contributed by atoms with Gasteiger partial charge in [-0.2, -0.15) is 0 Å². The Morgan fingerprint density at radius 3 is 2.41 bits per heavy atom. The molecule has 0 atom stereocenters. The molecule has 6 nitrogen and oxygen atoms in total. The van der Waals surface area contributed by atoms with Crippen LogP contribution in [-0.2, 0) is 4.74 Å². The van der Waals surface area contributed by atoms with Crippen LogP contribution < -0.4 is 4.74 Å². The molecule has 0 aliphatic carbocycles. The van der Waals surface area contributed by atoms with Gasteiger partial charge < -0.3 is 14.5 Å². The predicted molar refractivity (Wildman–Crippen MR) is 109 cm³/mol. The zero-order valence-electron chi connectivity index (χ0n) is 15.7. The van der Waals surface area contributed by atoms with Crippen molar-refractivity contribution < 1.29 is 19.1 Å². The zero-order valence-corrected chi connectivity index (χ0v) is 15.7. The lowest BCUT2D eigenvalue weighted by Crippen LogP contribution is -2.14. The van der Waals surface area contributed by atoms with Crippen LogP contribution in [0.2, 0.25) is 0 Å². The molecule has 144 valence electrons. The molecular weight excluding hydrogens is 368 g/mol. The number of H-pyrrole nitrogens is 1. The van der Waals surface area contributed by atoms with Crippen molar-refractivity contribution in [2.45, 2.75) is 0 Å². The molecule has 0 saturated carbocycles. The summed E-state index contributed by atoms with van der Waals surface area (Å²) in [4.78, 5) is 32.2. The highest BCUT2D eigenvalue weighted by Crippen LogP contribution is 2.23. The number of nitrogens with zero attached hydrogens (tertiary/aromatic N) is 1. The number of aromatic nitrogens is 2. The third-order valence-electron chi connectivity index (χ3n) is 4.51. The summed E-state index contributed by atoms with van der Waals surface area (Å²) in [5.74, 6) is 0.646. The van der Waals surface area contributed by atoms with Crippen molar-refractivity contribution in [2.24, 2.45) is 0 Å². The minimum Gasteiger partial charge on any atom is -0.497 e. The van der Waals surface area contributed by atoms with E-state index in [4.69, 9.17) is 9.47 Å². The molecule has 0 fully saturated rings. The van der Waals surface area contributed by atoms with Crippen LogP contribution >= 0.6 is 0 Å². The number of ketones is 1. The quantitative estimate of drug-likeness (QED) is 0.395.